The van der Waals surface area contributed by atoms with Crippen LogP contribution in [0.4, 0.5) is 5.13 Å². The maximum atomic E-state index is 12.8. The molecule has 0 saturated carbocycles. The van der Waals surface area contributed by atoms with Crippen molar-refractivity contribution in [2.75, 3.05) is 37.4 Å². The van der Waals surface area contributed by atoms with Crippen LogP contribution >= 0.6 is 23.1 Å². The topological polar surface area (TPSA) is 101 Å². The molecule has 1 fully saturated rings. The fourth-order valence-electron chi connectivity index (χ4n) is 2.46. The van der Waals surface area contributed by atoms with Gasteiger partial charge >= 0.3 is 0 Å². The Morgan fingerprint density at radius 3 is 2.79 bits per heavy atom. The zero-order valence-electron chi connectivity index (χ0n) is 15.6. The summed E-state index contributed by atoms with van der Waals surface area (Å²) in [6.07, 6.45) is 0. The third kappa shape index (κ3) is 5.29. The highest BCUT2D eigenvalue weighted by Crippen LogP contribution is 2.27. The third-order valence-electron chi connectivity index (χ3n) is 3.87. The predicted molar refractivity (Wildman–Crippen MR) is 109 cm³/mol. The first kappa shape index (κ1) is 21.2. The van der Waals surface area contributed by atoms with E-state index in [-0.39, 0.29) is 10.5 Å². The molecule has 0 unspecified atom stereocenters. The van der Waals surface area contributed by atoms with Crippen molar-refractivity contribution >= 4 is 44.2 Å². The highest BCUT2D eigenvalue weighted by atomic mass is 32.2. The number of nitrogens with one attached hydrogen (secondary N) is 1. The predicted octanol–water partition coefficient (Wildman–Crippen LogP) is 2.56. The number of anilines is 1. The molecule has 1 aromatic carbocycles. The largest absolute Gasteiger partial charge is 0.379 e. The van der Waals surface area contributed by atoms with Gasteiger partial charge in [-0.1, -0.05) is 43.0 Å². The summed E-state index contributed by atoms with van der Waals surface area (Å²) in [5, 5.41) is 11.1. The second kappa shape index (κ2) is 9.31. The summed E-state index contributed by atoms with van der Waals surface area (Å²) >= 11 is 2.89. The van der Waals surface area contributed by atoms with Crippen LogP contribution in [0.1, 0.15) is 24.2 Å². The first-order valence-corrected chi connectivity index (χ1v) is 12.1. The molecule has 1 aliphatic heterocycles. The number of thioether (sulfide) groups is 1. The maximum absolute atomic E-state index is 12.8. The van der Waals surface area contributed by atoms with Gasteiger partial charge in [-0.25, -0.2) is 8.42 Å². The van der Waals surface area contributed by atoms with Crippen LogP contribution in [0.5, 0.6) is 0 Å². The number of rotatable bonds is 7. The summed E-state index contributed by atoms with van der Waals surface area (Å²) in [5.74, 6) is 1.03. The van der Waals surface area contributed by atoms with Crippen LogP contribution in [0.2, 0.25) is 0 Å². The van der Waals surface area contributed by atoms with Crippen molar-refractivity contribution in [3.63, 3.8) is 0 Å². The van der Waals surface area contributed by atoms with Gasteiger partial charge in [-0.15, -0.1) is 10.2 Å². The van der Waals surface area contributed by atoms with Gasteiger partial charge in [0.2, 0.25) is 15.2 Å². The fourth-order valence-corrected chi connectivity index (χ4v) is 5.64. The lowest BCUT2D eigenvalue weighted by Gasteiger charge is -2.26. The number of carbonyl (C=O) groups is 1. The van der Waals surface area contributed by atoms with E-state index in [0.29, 0.717) is 37.4 Å². The molecule has 2 aromatic rings. The molecule has 152 valence electrons. The average Bonchev–Trinajstić information content (AvgIpc) is 3.14. The molecule has 1 aliphatic rings. The quantitative estimate of drug-likeness (QED) is 0.519. The molecule has 1 saturated heterocycles. The minimum Gasteiger partial charge on any atom is -0.379 e. The molecular weight excluding hydrogens is 420 g/mol. The highest BCUT2D eigenvalue weighted by Gasteiger charge is 2.27. The van der Waals surface area contributed by atoms with Crippen molar-refractivity contribution < 1.29 is 17.9 Å². The Hall–Kier alpha value is -1.53. The number of amides is 1. The molecule has 3 rings (SSSR count). The van der Waals surface area contributed by atoms with E-state index >= 15 is 0 Å². The highest BCUT2D eigenvalue weighted by molar-refractivity contribution is 8.01. The number of sulfonamides is 1. The van der Waals surface area contributed by atoms with Gasteiger partial charge in [-0.05, 0) is 24.1 Å². The van der Waals surface area contributed by atoms with Crippen LogP contribution in [0.15, 0.2) is 33.5 Å². The average molecular weight is 443 g/mol. The van der Waals surface area contributed by atoms with E-state index in [0.717, 1.165) is 10.1 Å². The van der Waals surface area contributed by atoms with Gasteiger partial charge < -0.3 is 4.74 Å². The number of aromatic nitrogens is 2. The van der Waals surface area contributed by atoms with Crippen LogP contribution in [-0.2, 0) is 14.8 Å². The minimum atomic E-state index is -3.66. The maximum Gasteiger partial charge on any atom is 0.257 e. The molecule has 0 aliphatic carbocycles. The van der Waals surface area contributed by atoms with Gasteiger partial charge in [0.05, 0.1) is 18.1 Å². The van der Waals surface area contributed by atoms with E-state index in [1.54, 1.807) is 23.9 Å². The van der Waals surface area contributed by atoms with Gasteiger partial charge in [0.25, 0.3) is 5.91 Å². The summed E-state index contributed by atoms with van der Waals surface area (Å²) < 4.78 is 32.9. The summed E-state index contributed by atoms with van der Waals surface area (Å²) in [6, 6.07) is 6.01. The van der Waals surface area contributed by atoms with Gasteiger partial charge in [-0.3, -0.25) is 10.1 Å². The van der Waals surface area contributed by atoms with E-state index in [1.165, 1.54) is 27.8 Å². The zero-order valence-corrected chi connectivity index (χ0v) is 18.1. The van der Waals surface area contributed by atoms with Gasteiger partial charge in [0, 0.05) is 24.4 Å². The van der Waals surface area contributed by atoms with Crippen molar-refractivity contribution in [3.8, 4) is 0 Å². The van der Waals surface area contributed by atoms with Crippen molar-refractivity contribution in [3.05, 3.63) is 29.8 Å². The first-order valence-electron chi connectivity index (χ1n) is 8.82. The Morgan fingerprint density at radius 1 is 1.32 bits per heavy atom. The number of nitrogens with zero attached hydrogens (tertiary/aromatic N) is 3. The Kier molecular flexibility index (Phi) is 7.05. The second-order valence-corrected chi connectivity index (χ2v) is 10.8. The van der Waals surface area contributed by atoms with Crippen molar-refractivity contribution in [1.29, 1.82) is 0 Å². The van der Waals surface area contributed by atoms with Crippen LogP contribution in [0.3, 0.4) is 0 Å². The van der Waals surface area contributed by atoms with Gasteiger partial charge in [0.15, 0.2) is 4.34 Å². The number of carbonyl (C=O) groups excluding carboxylic acids is 1. The molecule has 28 heavy (non-hydrogen) atoms. The SMILES string of the molecule is CC(C)CSc1nnc(NC(=O)c2cccc(S(=O)(=O)N3CCOCC3)c2)s1. The minimum absolute atomic E-state index is 0.0903. The number of benzene rings is 1. The number of ether oxygens (including phenoxy) is 1. The Balaban J connectivity index is 1.70. The third-order valence-corrected chi connectivity index (χ3v) is 8.16. The van der Waals surface area contributed by atoms with Gasteiger partial charge in [0.1, 0.15) is 0 Å². The lowest BCUT2D eigenvalue weighted by Crippen LogP contribution is -2.40. The van der Waals surface area contributed by atoms with Crippen LogP contribution in [0.25, 0.3) is 0 Å². The molecule has 0 spiro atoms. The Labute approximate surface area is 172 Å². The molecule has 2 heterocycles. The van der Waals surface area contributed by atoms with Crippen LogP contribution in [0, 0.1) is 5.92 Å². The van der Waals surface area contributed by atoms with Crippen LogP contribution < -0.4 is 5.32 Å². The molecule has 0 radical (unpaired) electrons. The zero-order chi connectivity index (χ0) is 20.1. The Bertz CT molecular complexity index is 924. The summed E-state index contributed by atoms with van der Waals surface area (Å²) in [4.78, 5) is 12.6. The summed E-state index contributed by atoms with van der Waals surface area (Å²) in [7, 11) is -3.66. The van der Waals surface area contributed by atoms with E-state index in [2.05, 4.69) is 29.4 Å². The number of hydrogen-bond acceptors (Lipinski definition) is 8. The van der Waals surface area contributed by atoms with E-state index in [9.17, 15) is 13.2 Å². The molecule has 1 N–H and O–H groups in total. The fraction of sp³-hybridized carbons (Fsp3) is 0.471. The van der Waals surface area contributed by atoms with Crippen molar-refractivity contribution in [2.45, 2.75) is 23.1 Å². The smallest absolute Gasteiger partial charge is 0.257 e. The lowest BCUT2D eigenvalue weighted by atomic mass is 10.2. The van der Waals surface area contributed by atoms with E-state index in [4.69, 9.17) is 4.74 Å². The van der Waals surface area contributed by atoms with Gasteiger partial charge in [-0.2, -0.15) is 4.31 Å². The summed E-state index contributed by atoms with van der Waals surface area (Å²) in [6.45, 7) is 5.59. The van der Waals surface area contributed by atoms with Crippen molar-refractivity contribution in [1.82, 2.24) is 14.5 Å². The van der Waals surface area contributed by atoms with E-state index < -0.39 is 15.9 Å². The molecule has 1 aromatic heterocycles. The molecule has 8 nitrogen and oxygen atoms in total. The lowest BCUT2D eigenvalue weighted by molar-refractivity contribution is 0.0730. The number of hydrogen-bond donors (Lipinski definition) is 1. The molecule has 11 heteroatoms. The first-order chi connectivity index (χ1) is 13.4. The monoisotopic (exact) mass is 442 g/mol. The Morgan fingerprint density at radius 2 is 2.07 bits per heavy atom. The van der Waals surface area contributed by atoms with Crippen LogP contribution in [-0.4, -0.2) is 60.9 Å². The molecule has 1 amide bonds. The number of morpholine rings is 1. The molecule has 0 bridgehead atoms. The normalized spacial score (nSPS) is 15.7. The van der Waals surface area contributed by atoms with E-state index in [1.807, 2.05) is 0 Å². The summed E-state index contributed by atoms with van der Waals surface area (Å²) in [5.41, 5.74) is 0.251. The second-order valence-electron chi connectivity index (χ2n) is 6.58. The van der Waals surface area contributed by atoms with Crippen molar-refractivity contribution in [2.24, 2.45) is 5.92 Å². The standard InChI is InChI=1S/C17H22N4O4S3/c1-12(2)11-26-17-20-19-16(27-17)18-15(22)13-4-3-5-14(10-13)28(23,24)21-6-8-25-9-7-21/h3-5,10,12H,6-9,11H2,1-2H3,(H,18,19,22). The molecular formula is C17H22N4O4S3. The molecule has 0 atom stereocenters.